The average Bonchev–Trinajstić information content (AvgIpc) is 2.68. The molecule has 0 amide bonds. The second kappa shape index (κ2) is 7.96. The fourth-order valence-electron chi connectivity index (χ4n) is 2.98. The van der Waals surface area contributed by atoms with Crippen molar-refractivity contribution in [3.05, 3.63) is 64.7 Å². The molecule has 0 aliphatic carbocycles. The van der Waals surface area contributed by atoms with Crippen LogP contribution in [0.5, 0.6) is 0 Å². The van der Waals surface area contributed by atoms with E-state index in [-0.39, 0.29) is 5.56 Å². The first-order valence-electron chi connectivity index (χ1n) is 8.89. The summed E-state index contributed by atoms with van der Waals surface area (Å²) in [7, 11) is 5.56. The predicted octanol–water partition coefficient (Wildman–Crippen LogP) is 3.63. The average molecular weight is 376 g/mol. The highest BCUT2D eigenvalue weighted by Gasteiger charge is 2.15. The predicted molar refractivity (Wildman–Crippen MR) is 117 cm³/mol. The minimum absolute atomic E-state index is 0.193. The van der Waals surface area contributed by atoms with Crippen LogP contribution in [0, 0.1) is 6.92 Å². The summed E-state index contributed by atoms with van der Waals surface area (Å²) in [5.41, 5.74) is 4.21. The highest BCUT2D eigenvalue weighted by atomic mass is 16.1. The van der Waals surface area contributed by atoms with Crippen molar-refractivity contribution in [2.45, 2.75) is 6.92 Å². The number of hydrogen-bond donors (Lipinski definition) is 3. The van der Waals surface area contributed by atoms with E-state index in [1.807, 2.05) is 63.3 Å². The Morgan fingerprint density at radius 2 is 2.00 bits per heavy atom. The van der Waals surface area contributed by atoms with Gasteiger partial charge in [-0.05, 0) is 31.2 Å². The molecule has 0 unspecified atom stereocenters. The van der Waals surface area contributed by atoms with Crippen molar-refractivity contribution in [1.82, 2.24) is 15.0 Å². The van der Waals surface area contributed by atoms with Gasteiger partial charge in [0.15, 0.2) is 0 Å². The van der Waals surface area contributed by atoms with Crippen molar-refractivity contribution in [3.63, 3.8) is 0 Å². The molecule has 0 aliphatic heterocycles. The quantitative estimate of drug-likeness (QED) is 0.609. The number of pyridine rings is 3. The Bertz CT molecular complexity index is 1070. The van der Waals surface area contributed by atoms with Crippen LogP contribution in [0.3, 0.4) is 0 Å². The number of nitrogens with zero attached hydrogens (tertiary/aromatic N) is 3. The van der Waals surface area contributed by atoms with Crippen LogP contribution in [0.1, 0.15) is 11.3 Å². The summed E-state index contributed by atoms with van der Waals surface area (Å²) in [6.45, 7) is 5.79. The van der Waals surface area contributed by atoms with E-state index in [0.717, 1.165) is 28.5 Å². The normalized spacial score (nSPS) is 10.4. The summed E-state index contributed by atoms with van der Waals surface area (Å²) >= 11 is 0. The fourth-order valence-corrected chi connectivity index (χ4v) is 2.98. The zero-order valence-electron chi connectivity index (χ0n) is 16.5. The third-order valence-corrected chi connectivity index (χ3v) is 4.33. The SMILES string of the molecule is C=Cc1c(Nc2cc(-c3cccc(C)n3)c(=O)[nH]c2N(C)C)ccnc1NC. The molecule has 3 heterocycles. The van der Waals surface area contributed by atoms with Gasteiger partial charge in [-0.25, -0.2) is 4.98 Å². The Kier molecular flexibility index (Phi) is 5.44. The molecule has 0 aliphatic rings. The van der Waals surface area contributed by atoms with Crippen LogP contribution < -0.4 is 21.1 Å². The molecule has 3 aromatic rings. The van der Waals surface area contributed by atoms with Crippen LogP contribution in [-0.4, -0.2) is 36.1 Å². The number of H-pyrrole nitrogens is 1. The molecule has 0 fully saturated rings. The molecular formula is C21H24N6O. The van der Waals surface area contributed by atoms with Gasteiger partial charge in [-0.15, -0.1) is 0 Å². The van der Waals surface area contributed by atoms with Gasteiger partial charge in [0.25, 0.3) is 5.56 Å². The van der Waals surface area contributed by atoms with Crippen LogP contribution >= 0.6 is 0 Å². The minimum Gasteiger partial charge on any atom is -0.373 e. The summed E-state index contributed by atoms with van der Waals surface area (Å²) in [5.74, 6) is 1.38. The summed E-state index contributed by atoms with van der Waals surface area (Å²) in [4.78, 5) is 26.3. The van der Waals surface area contributed by atoms with E-state index in [9.17, 15) is 4.79 Å². The van der Waals surface area contributed by atoms with Crippen molar-refractivity contribution < 1.29 is 0 Å². The lowest BCUT2D eigenvalue weighted by molar-refractivity contribution is 1.05. The lowest BCUT2D eigenvalue weighted by Gasteiger charge is -2.20. The molecule has 0 atom stereocenters. The van der Waals surface area contributed by atoms with E-state index in [1.54, 1.807) is 12.3 Å². The van der Waals surface area contributed by atoms with Gasteiger partial charge in [0.1, 0.15) is 11.6 Å². The summed E-state index contributed by atoms with van der Waals surface area (Å²) in [6.07, 6.45) is 3.45. The maximum absolute atomic E-state index is 12.7. The van der Waals surface area contributed by atoms with Crippen LogP contribution in [-0.2, 0) is 0 Å². The highest BCUT2D eigenvalue weighted by molar-refractivity contribution is 5.83. The molecule has 3 rings (SSSR count). The number of aromatic amines is 1. The maximum atomic E-state index is 12.7. The Morgan fingerprint density at radius 3 is 2.64 bits per heavy atom. The molecule has 0 saturated heterocycles. The molecule has 0 saturated carbocycles. The number of rotatable bonds is 6. The molecule has 0 bridgehead atoms. The molecular weight excluding hydrogens is 352 g/mol. The summed E-state index contributed by atoms with van der Waals surface area (Å²) in [5, 5.41) is 6.47. The first kappa shape index (κ1) is 19.2. The summed E-state index contributed by atoms with van der Waals surface area (Å²) in [6, 6.07) is 9.31. The van der Waals surface area contributed by atoms with Crippen LogP contribution in [0.4, 0.5) is 23.0 Å². The fraction of sp³-hybridized carbons (Fsp3) is 0.190. The molecule has 0 aromatic carbocycles. The number of hydrogen-bond acceptors (Lipinski definition) is 6. The van der Waals surface area contributed by atoms with Gasteiger partial charge in [-0.1, -0.05) is 18.7 Å². The molecule has 3 aromatic heterocycles. The van der Waals surface area contributed by atoms with E-state index in [4.69, 9.17) is 0 Å². The van der Waals surface area contributed by atoms with Crippen molar-refractivity contribution in [2.24, 2.45) is 0 Å². The molecule has 0 radical (unpaired) electrons. The van der Waals surface area contributed by atoms with Crippen molar-refractivity contribution in [3.8, 4) is 11.3 Å². The van der Waals surface area contributed by atoms with E-state index < -0.39 is 0 Å². The molecule has 3 N–H and O–H groups in total. The minimum atomic E-state index is -0.193. The van der Waals surface area contributed by atoms with E-state index in [1.165, 1.54) is 0 Å². The first-order chi connectivity index (χ1) is 13.4. The van der Waals surface area contributed by atoms with Gasteiger partial charge in [0.05, 0.1) is 22.6 Å². The number of aromatic nitrogens is 3. The molecule has 28 heavy (non-hydrogen) atoms. The number of nitrogens with one attached hydrogen (secondary N) is 3. The van der Waals surface area contributed by atoms with E-state index in [0.29, 0.717) is 17.1 Å². The molecule has 144 valence electrons. The van der Waals surface area contributed by atoms with Crippen molar-refractivity contribution >= 4 is 29.1 Å². The Labute approximate surface area is 164 Å². The Morgan fingerprint density at radius 1 is 1.21 bits per heavy atom. The lowest BCUT2D eigenvalue weighted by atomic mass is 10.1. The molecule has 7 heteroatoms. The smallest absolute Gasteiger partial charge is 0.259 e. The molecule has 0 spiro atoms. The van der Waals surface area contributed by atoms with Gasteiger partial charge in [0.2, 0.25) is 0 Å². The largest absolute Gasteiger partial charge is 0.373 e. The Hall–Kier alpha value is -3.61. The second-order valence-corrected chi connectivity index (χ2v) is 6.53. The zero-order valence-corrected chi connectivity index (χ0v) is 16.5. The summed E-state index contributed by atoms with van der Waals surface area (Å²) < 4.78 is 0. The van der Waals surface area contributed by atoms with Gasteiger partial charge in [0, 0.05) is 38.6 Å². The third kappa shape index (κ3) is 3.73. The molecule has 7 nitrogen and oxygen atoms in total. The number of anilines is 4. The van der Waals surface area contributed by atoms with Crippen LogP contribution in [0.15, 0.2) is 47.9 Å². The van der Waals surface area contributed by atoms with Gasteiger partial charge in [-0.2, -0.15) is 0 Å². The van der Waals surface area contributed by atoms with Crippen molar-refractivity contribution in [1.29, 1.82) is 0 Å². The zero-order chi connectivity index (χ0) is 20.3. The van der Waals surface area contributed by atoms with Crippen LogP contribution in [0.2, 0.25) is 0 Å². The Balaban J connectivity index is 2.16. The van der Waals surface area contributed by atoms with Gasteiger partial charge >= 0.3 is 0 Å². The van der Waals surface area contributed by atoms with Gasteiger partial charge < -0.3 is 20.5 Å². The third-order valence-electron chi connectivity index (χ3n) is 4.33. The topological polar surface area (TPSA) is 85.9 Å². The monoisotopic (exact) mass is 376 g/mol. The second-order valence-electron chi connectivity index (χ2n) is 6.53. The lowest BCUT2D eigenvalue weighted by Crippen LogP contribution is -2.20. The first-order valence-corrected chi connectivity index (χ1v) is 8.89. The van der Waals surface area contributed by atoms with E-state index in [2.05, 4.69) is 32.2 Å². The van der Waals surface area contributed by atoms with Crippen LogP contribution in [0.25, 0.3) is 17.3 Å². The maximum Gasteiger partial charge on any atom is 0.259 e. The highest BCUT2D eigenvalue weighted by Crippen LogP contribution is 2.31. The number of aryl methyl sites for hydroxylation is 1. The standard InChI is InChI=1S/C21H24N6O/c1-6-14-17(10-11-23-19(14)22-3)25-18-12-15(16-9-7-8-13(2)24-16)21(28)26-20(18)27(4)5/h6-12H,1H2,2-5H3,(H,26,28)(H2,22,23,25). The van der Waals surface area contributed by atoms with Gasteiger partial charge in [-0.3, -0.25) is 9.78 Å². The van der Waals surface area contributed by atoms with Crippen molar-refractivity contribution in [2.75, 3.05) is 36.7 Å². The van der Waals surface area contributed by atoms with E-state index >= 15 is 0 Å².